The first-order valence-electron chi connectivity index (χ1n) is 5.90. The van der Waals surface area contributed by atoms with Crippen LogP contribution in [0.2, 0.25) is 0 Å². The number of carbonyl (C=O) groups excluding carboxylic acids is 1. The van der Waals surface area contributed by atoms with Gasteiger partial charge in [-0.1, -0.05) is 13.8 Å². The van der Waals surface area contributed by atoms with Crippen LogP contribution in [-0.2, 0) is 4.79 Å². The van der Waals surface area contributed by atoms with E-state index in [0.29, 0.717) is 0 Å². The molecule has 0 radical (unpaired) electrons. The largest absolute Gasteiger partial charge is 0.390 e. The molecule has 0 aromatic heterocycles. The number of halogens is 3. The van der Waals surface area contributed by atoms with E-state index in [-0.39, 0.29) is 18.5 Å². The van der Waals surface area contributed by atoms with E-state index in [4.69, 9.17) is 0 Å². The van der Waals surface area contributed by atoms with Crippen LogP contribution in [0.5, 0.6) is 0 Å². The van der Waals surface area contributed by atoms with Crippen LogP contribution < -0.4 is 10.6 Å². The van der Waals surface area contributed by atoms with E-state index in [2.05, 4.69) is 10.6 Å². The van der Waals surface area contributed by atoms with Gasteiger partial charge in [0.05, 0.1) is 12.5 Å². The van der Waals surface area contributed by atoms with Crippen molar-refractivity contribution in [2.45, 2.75) is 58.3 Å². The van der Waals surface area contributed by atoms with Crippen molar-refractivity contribution in [3.8, 4) is 0 Å². The summed E-state index contributed by atoms with van der Waals surface area (Å²) in [5.74, 6) is -0.249. The zero-order valence-electron chi connectivity index (χ0n) is 10.5. The Morgan fingerprint density at radius 3 is 2.18 bits per heavy atom. The minimum absolute atomic E-state index is 0.0920. The first-order chi connectivity index (χ1) is 7.80. The smallest absolute Gasteiger partial charge is 0.352 e. The molecule has 0 aromatic carbocycles. The van der Waals surface area contributed by atoms with E-state index < -0.39 is 18.6 Å². The second kappa shape index (κ2) is 7.53. The van der Waals surface area contributed by atoms with Crippen LogP contribution in [0.4, 0.5) is 13.2 Å². The maximum Gasteiger partial charge on any atom is 0.390 e. The minimum Gasteiger partial charge on any atom is -0.352 e. The molecule has 2 N–H and O–H groups in total. The molecule has 0 bridgehead atoms. The Bertz CT molecular complexity index is 227. The van der Waals surface area contributed by atoms with Gasteiger partial charge in [0.25, 0.3) is 0 Å². The third-order valence-electron chi connectivity index (χ3n) is 2.58. The molecule has 1 atom stereocenters. The molecule has 0 spiro atoms. The predicted octanol–water partition coefficient (Wildman–Crippen LogP) is 2.22. The van der Waals surface area contributed by atoms with Gasteiger partial charge in [-0.15, -0.1) is 0 Å². The monoisotopic (exact) mass is 254 g/mol. The number of carbonyl (C=O) groups is 1. The summed E-state index contributed by atoms with van der Waals surface area (Å²) in [6, 6.07) is -0.507. The number of hydrogen-bond donors (Lipinski definition) is 2. The topological polar surface area (TPSA) is 41.1 Å². The zero-order chi connectivity index (χ0) is 13.5. The molecule has 3 nitrogen and oxygen atoms in total. The molecule has 0 aliphatic carbocycles. The van der Waals surface area contributed by atoms with Gasteiger partial charge in [0.1, 0.15) is 0 Å². The van der Waals surface area contributed by atoms with Crippen LogP contribution in [-0.4, -0.2) is 30.7 Å². The SMILES string of the molecule is CCC(CC)NC(=O)C(C)NCCC(F)(F)F. The molecule has 0 fully saturated rings. The summed E-state index contributed by atoms with van der Waals surface area (Å²) >= 11 is 0. The fraction of sp³-hybridized carbons (Fsp3) is 0.909. The summed E-state index contributed by atoms with van der Waals surface area (Å²) in [5, 5.41) is 5.34. The van der Waals surface area contributed by atoms with E-state index in [1.807, 2.05) is 13.8 Å². The Morgan fingerprint density at radius 2 is 1.76 bits per heavy atom. The average molecular weight is 254 g/mol. The Balaban J connectivity index is 3.89. The summed E-state index contributed by atoms with van der Waals surface area (Å²) in [7, 11) is 0. The Labute approximate surface area is 100 Å². The molecular weight excluding hydrogens is 233 g/mol. The average Bonchev–Trinajstić information content (AvgIpc) is 2.23. The highest BCUT2D eigenvalue weighted by Gasteiger charge is 2.27. The first-order valence-corrected chi connectivity index (χ1v) is 5.90. The lowest BCUT2D eigenvalue weighted by molar-refractivity contribution is -0.135. The van der Waals surface area contributed by atoms with Crippen LogP contribution >= 0.6 is 0 Å². The molecule has 1 unspecified atom stereocenters. The van der Waals surface area contributed by atoms with Crippen molar-refractivity contribution in [3.05, 3.63) is 0 Å². The number of hydrogen-bond acceptors (Lipinski definition) is 2. The van der Waals surface area contributed by atoms with Gasteiger partial charge in [0.15, 0.2) is 0 Å². The van der Waals surface area contributed by atoms with Gasteiger partial charge in [-0.05, 0) is 19.8 Å². The summed E-state index contributed by atoms with van der Waals surface area (Å²) < 4.78 is 35.7. The number of amides is 1. The van der Waals surface area contributed by atoms with Gasteiger partial charge in [0.2, 0.25) is 5.91 Å². The number of nitrogens with one attached hydrogen (secondary N) is 2. The number of rotatable bonds is 7. The molecule has 0 saturated carbocycles. The summed E-state index contributed by atoms with van der Waals surface area (Å²) in [6.07, 6.45) is -3.47. The lowest BCUT2D eigenvalue weighted by Crippen LogP contribution is -2.46. The Kier molecular flexibility index (Phi) is 7.18. The van der Waals surface area contributed by atoms with Gasteiger partial charge in [0, 0.05) is 12.6 Å². The molecule has 0 heterocycles. The molecule has 102 valence electrons. The van der Waals surface area contributed by atoms with Crippen LogP contribution in [0, 0.1) is 0 Å². The standard InChI is InChI=1S/C11H21F3N2O/c1-4-9(5-2)16-10(17)8(3)15-7-6-11(12,13)14/h8-9,15H,4-7H2,1-3H3,(H,16,17). The van der Waals surface area contributed by atoms with Crippen LogP contribution in [0.15, 0.2) is 0 Å². The highest BCUT2D eigenvalue weighted by atomic mass is 19.4. The summed E-state index contributed by atoms with van der Waals surface area (Å²) in [6.45, 7) is 5.24. The van der Waals surface area contributed by atoms with Gasteiger partial charge < -0.3 is 10.6 Å². The maximum absolute atomic E-state index is 11.9. The normalized spacial score (nSPS) is 13.8. The van der Waals surface area contributed by atoms with Crippen molar-refractivity contribution >= 4 is 5.91 Å². The molecule has 6 heteroatoms. The van der Waals surface area contributed by atoms with E-state index in [1.165, 1.54) is 0 Å². The summed E-state index contributed by atoms with van der Waals surface area (Å²) in [5.41, 5.74) is 0. The van der Waals surface area contributed by atoms with E-state index in [0.717, 1.165) is 12.8 Å². The van der Waals surface area contributed by atoms with Crippen LogP contribution in [0.1, 0.15) is 40.0 Å². The van der Waals surface area contributed by atoms with Gasteiger partial charge in [-0.25, -0.2) is 0 Å². The van der Waals surface area contributed by atoms with Crippen molar-refractivity contribution < 1.29 is 18.0 Å². The second-order valence-electron chi connectivity index (χ2n) is 4.06. The van der Waals surface area contributed by atoms with E-state index >= 15 is 0 Å². The van der Waals surface area contributed by atoms with Crippen LogP contribution in [0.3, 0.4) is 0 Å². The fourth-order valence-electron chi connectivity index (χ4n) is 1.34. The van der Waals surface area contributed by atoms with Crippen LogP contribution in [0.25, 0.3) is 0 Å². The molecule has 0 saturated heterocycles. The molecule has 0 rings (SSSR count). The molecule has 17 heavy (non-hydrogen) atoms. The molecule has 1 amide bonds. The first kappa shape index (κ1) is 16.2. The van der Waals surface area contributed by atoms with Gasteiger partial charge in [-0.2, -0.15) is 13.2 Å². The molecule has 0 aromatic rings. The third kappa shape index (κ3) is 8.01. The van der Waals surface area contributed by atoms with E-state index in [9.17, 15) is 18.0 Å². The number of alkyl halides is 3. The highest BCUT2D eigenvalue weighted by Crippen LogP contribution is 2.18. The van der Waals surface area contributed by atoms with Crippen molar-refractivity contribution in [2.24, 2.45) is 0 Å². The Morgan fingerprint density at radius 1 is 1.24 bits per heavy atom. The molecular formula is C11H21F3N2O. The second-order valence-corrected chi connectivity index (χ2v) is 4.06. The van der Waals surface area contributed by atoms with Gasteiger partial charge >= 0.3 is 6.18 Å². The maximum atomic E-state index is 11.9. The third-order valence-corrected chi connectivity index (χ3v) is 2.58. The summed E-state index contributed by atoms with van der Waals surface area (Å²) in [4.78, 5) is 11.6. The van der Waals surface area contributed by atoms with Crippen molar-refractivity contribution in [1.82, 2.24) is 10.6 Å². The quantitative estimate of drug-likeness (QED) is 0.731. The highest BCUT2D eigenvalue weighted by molar-refractivity contribution is 5.81. The Hall–Kier alpha value is -0.780. The fourth-order valence-corrected chi connectivity index (χ4v) is 1.34. The van der Waals surface area contributed by atoms with Crippen molar-refractivity contribution in [2.75, 3.05) is 6.54 Å². The lowest BCUT2D eigenvalue weighted by atomic mass is 10.1. The van der Waals surface area contributed by atoms with Crippen molar-refractivity contribution in [3.63, 3.8) is 0 Å². The molecule has 0 aliphatic heterocycles. The minimum atomic E-state index is -4.18. The predicted molar refractivity (Wildman–Crippen MR) is 60.6 cm³/mol. The van der Waals surface area contributed by atoms with E-state index in [1.54, 1.807) is 6.92 Å². The van der Waals surface area contributed by atoms with Gasteiger partial charge in [-0.3, -0.25) is 4.79 Å². The zero-order valence-corrected chi connectivity index (χ0v) is 10.5. The molecule has 0 aliphatic rings. The van der Waals surface area contributed by atoms with Crippen molar-refractivity contribution in [1.29, 1.82) is 0 Å². The lowest BCUT2D eigenvalue weighted by Gasteiger charge is -2.19.